The third-order valence-electron chi connectivity index (χ3n) is 3.31. The molecule has 1 fully saturated rings. The molecule has 20 heavy (non-hydrogen) atoms. The molecule has 0 aliphatic carbocycles. The van der Waals surface area contributed by atoms with Crippen LogP contribution in [0, 0.1) is 0 Å². The molecular formula is C14H19IO5. The summed E-state index contributed by atoms with van der Waals surface area (Å²) in [7, 11) is 1.50. The van der Waals surface area contributed by atoms with Gasteiger partial charge < -0.3 is 24.4 Å². The molecule has 1 aromatic carbocycles. The van der Waals surface area contributed by atoms with Crippen LogP contribution in [0.4, 0.5) is 0 Å². The van der Waals surface area contributed by atoms with Crippen molar-refractivity contribution in [2.24, 2.45) is 0 Å². The van der Waals surface area contributed by atoms with Crippen LogP contribution in [0.15, 0.2) is 30.3 Å². The molecule has 1 heterocycles. The predicted molar refractivity (Wildman–Crippen MR) is 81.6 cm³/mol. The van der Waals surface area contributed by atoms with Gasteiger partial charge in [0.25, 0.3) is 0 Å². The molecule has 6 heteroatoms. The summed E-state index contributed by atoms with van der Waals surface area (Å²) in [5.74, 6) is 0. The Balaban J connectivity index is 2.01. The zero-order valence-electron chi connectivity index (χ0n) is 11.2. The number of aliphatic hydroxyl groups is 2. The zero-order chi connectivity index (χ0) is 14.5. The summed E-state index contributed by atoms with van der Waals surface area (Å²) in [6.45, 7) is 0.327. The first-order valence-electron chi connectivity index (χ1n) is 6.43. The fourth-order valence-electron chi connectivity index (χ4n) is 2.17. The number of benzene rings is 1. The molecule has 1 aliphatic rings. The maximum Gasteiger partial charge on any atom is 0.186 e. The van der Waals surface area contributed by atoms with Crippen LogP contribution in [0.1, 0.15) is 5.56 Å². The van der Waals surface area contributed by atoms with Crippen LogP contribution in [0.3, 0.4) is 0 Å². The summed E-state index contributed by atoms with van der Waals surface area (Å²) in [5.41, 5.74) is 0.986. The number of halogens is 1. The first-order chi connectivity index (χ1) is 9.67. The molecule has 0 bridgehead atoms. The van der Waals surface area contributed by atoms with Gasteiger partial charge in [-0.3, -0.25) is 0 Å². The summed E-state index contributed by atoms with van der Waals surface area (Å²) in [4.78, 5) is 0. The Kier molecular flexibility index (Phi) is 6.19. The van der Waals surface area contributed by atoms with Crippen molar-refractivity contribution in [3.8, 4) is 0 Å². The highest BCUT2D eigenvalue weighted by atomic mass is 127. The third-order valence-corrected chi connectivity index (χ3v) is 4.18. The second-order valence-corrected chi connectivity index (χ2v) is 5.56. The van der Waals surface area contributed by atoms with Crippen LogP contribution in [-0.4, -0.2) is 52.5 Å². The summed E-state index contributed by atoms with van der Waals surface area (Å²) in [6, 6.07) is 9.63. The minimum atomic E-state index is -1.03. The van der Waals surface area contributed by atoms with Gasteiger partial charge in [-0.1, -0.05) is 52.9 Å². The highest BCUT2D eigenvalue weighted by Crippen LogP contribution is 2.26. The lowest BCUT2D eigenvalue weighted by atomic mass is 10.00. The lowest BCUT2D eigenvalue weighted by molar-refractivity contribution is -0.296. The lowest BCUT2D eigenvalue weighted by Gasteiger charge is -2.41. The predicted octanol–water partition coefficient (Wildman–Crippen LogP) is 1.10. The molecule has 5 atom stereocenters. The summed E-state index contributed by atoms with van der Waals surface area (Å²) < 4.78 is 17.1. The number of aliphatic hydroxyl groups excluding tert-OH is 2. The largest absolute Gasteiger partial charge is 0.388 e. The van der Waals surface area contributed by atoms with Crippen molar-refractivity contribution < 1.29 is 24.4 Å². The van der Waals surface area contributed by atoms with Gasteiger partial charge in [0.1, 0.15) is 18.3 Å². The Morgan fingerprint density at radius 3 is 2.50 bits per heavy atom. The number of ether oxygens (including phenoxy) is 3. The smallest absolute Gasteiger partial charge is 0.186 e. The van der Waals surface area contributed by atoms with E-state index in [1.165, 1.54) is 7.11 Å². The van der Waals surface area contributed by atoms with E-state index in [0.717, 1.165) is 5.56 Å². The monoisotopic (exact) mass is 394 g/mol. The van der Waals surface area contributed by atoms with E-state index < -0.39 is 30.7 Å². The topological polar surface area (TPSA) is 68.2 Å². The molecule has 1 aromatic rings. The minimum Gasteiger partial charge on any atom is -0.388 e. The Labute approximate surface area is 132 Å². The van der Waals surface area contributed by atoms with Crippen molar-refractivity contribution in [3.05, 3.63) is 35.9 Å². The second kappa shape index (κ2) is 7.67. The van der Waals surface area contributed by atoms with Gasteiger partial charge in [-0.15, -0.1) is 0 Å². The van der Waals surface area contributed by atoms with Crippen LogP contribution in [0.25, 0.3) is 0 Å². The van der Waals surface area contributed by atoms with Gasteiger partial charge >= 0.3 is 0 Å². The molecule has 112 valence electrons. The number of rotatable bonds is 5. The standard InChI is InChI=1S/C14H19IO5/c1-18-14-13(12(17)11(16)10(7-15)20-14)19-8-9-5-3-2-4-6-9/h2-6,10-14,16-17H,7-8H2,1H3/t10-,11+,12+,13-,14+/m1/s1. The van der Waals surface area contributed by atoms with Crippen molar-refractivity contribution in [2.45, 2.75) is 37.3 Å². The number of methoxy groups -OCH3 is 1. The van der Waals surface area contributed by atoms with Crippen molar-refractivity contribution in [3.63, 3.8) is 0 Å². The molecular weight excluding hydrogens is 375 g/mol. The van der Waals surface area contributed by atoms with Gasteiger partial charge in [-0.2, -0.15) is 0 Å². The first kappa shape index (κ1) is 16.1. The van der Waals surface area contributed by atoms with Crippen molar-refractivity contribution in [1.29, 1.82) is 0 Å². The Morgan fingerprint density at radius 2 is 1.90 bits per heavy atom. The average Bonchev–Trinajstić information content (AvgIpc) is 2.49. The molecule has 1 aliphatic heterocycles. The van der Waals surface area contributed by atoms with Gasteiger partial charge in [0.2, 0.25) is 0 Å². The second-order valence-electron chi connectivity index (χ2n) is 4.68. The van der Waals surface area contributed by atoms with Gasteiger partial charge in [0, 0.05) is 11.5 Å². The number of hydrogen-bond acceptors (Lipinski definition) is 5. The lowest BCUT2D eigenvalue weighted by Crippen LogP contribution is -2.59. The van der Waals surface area contributed by atoms with Gasteiger partial charge in [-0.25, -0.2) is 0 Å². The molecule has 2 N–H and O–H groups in total. The minimum absolute atomic E-state index is 0.327. The van der Waals surface area contributed by atoms with E-state index in [2.05, 4.69) is 22.6 Å². The highest BCUT2D eigenvalue weighted by Gasteiger charge is 2.45. The summed E-state index contributed by atoms with van der Waals surface area (Å²) in [5, 5.41) is 20.2. The van der Waals surface area contributed by atoms with E-state index in [9.17, 15) is 10.2 Å². The molecule has 5 nitrogen and oxygen atoms in total. The van der Waals surface area contributed by atoms with Crippen LogP contribution < -0.4 is 0 Å². The van der Waals surface area contributed by atoms with E-state index in [1.54, 1.807) is 0 Å². The maximum absolute atomic E-state index is 10.2. The summed E-state index contributed by atoms with van der Waals surface area (Å²) in [6.07, 6.45) is -3.85. The van der Waals surface area contributed by atoms with E-state index in [0.29, 0.717) is 11.0 Å². The zero-order valence-corrected chi connectivity index (χ0v) is 13.3. The van der Waals surface area contributed by atoms with E-state index in [4.69, 9.17) is 14.2 Å². The van der Waals surface area contributed by atoms with Crippen molar-refractivity contribution in [2.75, 3.05) is 11.5 Å². The van der Waals surface area contributed by atoms with Crippen LogP contribution >= 0.6 is 22.6 Å². The molecule has 0 saturated carbocycles. The normalized spacial score (nSPS) is 34.1. The molecule has 1 saturated heterocycles. The van der Waals surface area contributed by atoms with Crippen molar-refractivity contribution >= 4 is 22.6 Å². The molecule has 0 aromatic heterocycles. The van der Waals surface area contributed by atoms with Gasteiger partial charge in [-0.05, 0) is 5.56 Å². The van der Waals surface area contributed by atoms with Crippen LogP contribution in [0.5, 0.6) is 0 Å². The molecule has 0 unspecified atom stereocenters. The average molecular weight is 394 g/mol. The number of hydrogen-bond donors (Lipinski definition) is 2. The SMILES string of the molecule is CO[C@H]1O[C@H](CI)[C@H](O)[C@H](O)[C@H]1OCc1ccccc1. The fourth-order valence-corrected chi connectivity index (χ4v) is 2.90. The van der Waals surface area contributed by atoms with Crippen LogP contribution in [0.2, 0.25) is 0 Å². The fraction of sp³-hybridized carbons (Fsp3) is 0.571. The molecule has 0 radical (unpaired) electrons. The van der Waals surface area contributed by atoms with Crippen molar-refractivity contribution in [1.82, 2.24) is 0 Å². The Morgan fingerprint density at radius 1 is 1.20 bits per heavy atom. The Bertz CT molecular complexity index is 400. The van der Waals surface area contributed by atoms with Gasteiger partial charge in [0.05, 0.1) is 12.7 Å². The van der Waals surface area contributed by atoms with E-state index >= 15 is 0 Å². The Hall–Kier alpha value is -0.250. The van der Waals surface area contributed by atoms with E-state index in [-0.39, 0.29) is 0 Å². The maximum atomic E-state index is 10.2. The number of alkyl halides is 1. The molecule has 0 amide bonds. The summed E-state index contributed by atoms with van der Waals surface area (Å²) >= 11 is 2.10. The van der Waals surface area contributed by atoms with E-state index in [1.807, 2.05) is 30.3 Å². The first-order valence-corrected chi connectivity index (χ1v) is 7.95. The highest BCUT2D eigenvalue weighted by molar-refractivity contribution is 14.1. The quantitative estimate of drug-likeness (QED) is 0.579. The van der Waals surface area contributed by atoms with Gasteiger partial charge in [0.15, 0.2) is 6.29 Å². The third kappa shape index (κ3) is 3.69. The molecule has 2 rings (SSSR count). The molecule has 0 spiro atoms. The van der Waals surface area contributed by atoms with Crippen LogP contribution in [-0.2, 0) is 20.8 Å².